The van der Waals surface area contributed by atoms with Gasteiger partial charge >= 0.3 is 5.97 Å². The van der Waals surface area contributed by atoms with Crippen molar-refractivity contribution >= 4 is 5.97 Å². The van der Waals surface area contributed by atoms with E-state index in [0.29, 0.717) is 5.92 Å². The molecule has 2 heteroatoms. The Labute approximate surface area is 103 Å². The molecule has 1 fully saturated rings. The summed E-state index contributed by atoms with van der Waals surface area (Å²) < 4.78 is 0. The summed E-state index contributed by atoms with van der Waals surface area (Å²) in [7, 11) is 0. The Kier molecular flexibility index (Phi) is 4.18. The second-order valence-electron chi connectivity index (χ2n) is 5.01. The van der Waals surface area contributed by atoms with Crippen molar-refractivity contribution in [2.24, 2.45) is 11.8 Å². The number of aryl methyl sites for hydroxylation is 1. The van der Waals surface area contributed by atoms with Crippen LogP contribution >= 0.6 is 0 Å². The van der Waals surface area contributed by atoms with E-state index in [1.54, 1.807) is 0 Å². The van der Waals surface area contributed by atoms with Crippen LogP contribution < -0.4 is 0 Å². The highest BCUT2D eigenvalue weighted by atomic mass is 16.4. The van der Waals surface area contributed by atoms with Crippen molar-refractivity contribution in [2.75, 3.05) is 0 Å². The van der Waals surface area contributed by atoms with Crippen molar-refractivity contribution in [2.45, 2.75) is 38.5 Å². The van der Waals surface area contributed by atoms with Gasteiger partial charge in [0.05, 0.1) is 5.92 Å². The highest BCUT2D eigenvalue weighted by Gasteiger charge is 2.29. The van der Waals surface area contributed by atoms with Gasteiger partial charge in [0.2, 0.25) is 0 Å². The van der Waals surface area contributed by atoms with Crippen LogP contribution in [0.3, 0.4) is 0 Å². The molecule has 0 aliphatic heterocycles. The fourth-order valence-electron chi connectivity index (χ4n) is 2.89. The standard InChI is InChI=1S/C15H20O2/c16-15(17)14(13-8-4-5-9-13)11-10-12-6-2-1-3-7-12/h1-3,6-7,13-14H,4-5,8-11H2,(H,16,17). The van der Waals surface area contributed by atoms with Gasteiger partial charge in [-0.25, -0.2) is 0 Å². The van der Waals surface area contributed by atoms with Crippen molar-refractivity contribution in [1.82, 2.24) is 0 Å². The third-order valence-corrected chi connectivity index (χ3v) is 3.87. The summed E-state index contributed by atoms with van der Waals surface area (Å²) in [6.45, 7) is 0. The Morgan fingerprint density at radius 3 is 2.47 bits per heavy atom. The first kappa shape index (κ1) is 12.2. The molecule has 0 aromatic heterocycles. The first-order valence-electron chi connectivity index (χ1n) is 6.54. The van der Waals surface area contributed by atoms with Crippen molar-refractivity contribution < 1.29 is 9.90 Å². The van der Waals surface area contributed by atoms with Crippen LogP contribution in [-0.4, -0.2) is 11.1 Å². The predicted octanol–water partition coefficient (Wildman–Crippen LogP) is 3.51. The summed E-state index contributed by atoms with van der Waals surface area (Å²) in [5.41, 5.74) is 1.25. The number of benzene rings is 1. The Morgan fingerprint density at radius 1 is 1.24 bits per heavy atom. The van der Waals surface area contributed by atoms with Gasteiger partial charge in [0, 0.05) is 0 Å². The van der Waals surface area contributed by atoms with Crippen LogP contribution in [0.1, 0.15) is 37.7 Å². The maximum Gasteiger partial charge on any atom is 0.306 e. The van der Waals surface area contributed by atoms with E-state index >= 15 is 0 Å². The highest BCUT2D eigenvalue weighted by molar-refractivity contribution is 5.70. The summed E-state index contributed by atoms with van der Waals surface area (Å²) in [4.78, 5) is 11.3. The second kappa shape index (κ2) is 5.85. The van der Waals surface area contributed by atoms with Crippen LogP contribution in [0.5, 0.6) is 0 Å². The molecule has 1 aromatic rings. The fourth-order valence-corrected chi connectivity index (χ4v) is 2.89. The maximum atomic E-state index is 11.3. The molecule has 1 saturated carbocycles. The van der Waals surface area contributed by atoms with E-state index in [9.17, 15) is 9.90 Å². The van der Waals surface area contributed by atoms with E-state index in [4.69, 9.17) is 0 Å². The summed E-state index contributed by atoms with van der Waals surface area (Å²) in [5, 5.41) is 9.31. The number of carboxylic acid groups (broad SMARTS) is 1. The van der Waals surface area contributed by atoms with Gasteiger partial charge in [-0.3, -0.25) is 4.79 Å². The molecule has 0 saturated heterocycles. The zero-order valence-electron chi connectivity index (χ0n) is 10.1. The maximum absolute atomic E-state index is 11.3. The average Bonchev–Trinajstić information content (AvgIpc) is 2.84. The molecule has 17 heavy (non-hydrogen) atoms. The minimum atomic E-state index is -0.604. The Morgan fingerprint density at radius 2 is 1.88 bits per heavy atom. The summed E-state index contributed by atoms with van der Waals surface area (Å²) >= 11 is 0. The van der Waals surface area contributed by atoms with E-state index < -0.39 is 5.97 Å². The van der Waals surface area contributed by atoms with Gasteiger partial charge in [0.15, 0.2) is 0 Å². The molecule has 2 rings (SSSR count). The molecule has 1 unspecified atom stereocenters. The number of carbonyl (C=O) groups is 1. The Bertz CT molecular complexity index is 352. The average molecular weight is 232 g/mol. The predicted molar refractivity (Wildman–Crippen MR) is 67.8 cm³/mol. The smallest absolute Gasteiger partial charge is 0.306 e. The van der Waals surface area contributed by atoms with Crippen LogP contribution in [0.25, 0.3) is 0 Å². The normalized spacial score (nSPS) is 18.1. The number of hydrogen-bond donors (Lipinski definition) is 1. The number of hydrogen-bond acceptors (Lipinski definition) is 1. The molecule has 1 N–H and O–H groups in total. The van der Waals surface area contributed by atoms with Gasteiger partial charge in [-0.2, -0.15) is 0 Å². The van der Waals surface area contributed by atoms with Crippen molar-refractivity contribution in [1.29, 1.82) is 0 Å². The lowest BCUT2D eigenvalue weighted by molar-refractivity contribution is -0.143. The summed E-state index contributed by atoms with van der Waals surface area (Å²) in [6.07, 6.45) is 6.29. The largest absolute Gasteiger partial charge is 0.481 e. The van der Waals surface area contributed by atoms with Crippen LogP contribution in [0.15, 0.2) is 30.3 Å². The van der Waals surface area contributed by atoms with E-state index in [2.05, 4.69) is 12.1 Å². The first-order valence-corrected chi connectivity index (χ1v) is 6.54. The van der Waals surface area contributed by atoms with Gasteiger partial charge in [0.1, 0.15) is 0 Å². The van der Waals surface area contributed by atoms with Gasteiger partial charge in [-0.15, -0.1) is 0 Å². The fraction of sp³-hybridized carbons (Fsp3) is 0.533. The van der Waals surface area contributed by atoms with E-state index in [1.807, 2.05) is 18.2 Å². The molecule has 1 atom stereocenters. The van der Waals surface area contributed by atoms with Gasteiger partial charge in [-0.05, 0) is 37.2 Å². The quantitative estimate of drug-likeness (QED) is 0.843. The SMILES string of the molecule is O=C(O)C(CCc1ccccc1)C1CCCC1. The molecule has 1 aliphatic carbocycles. The van der Waals surface area contributed by atoms with Crippen molar-refractivity contribution in [3.63, 3.8) is 0 Å². The van der Waals surface area contributed by atoms with Crippen molar-refractivity contribution in [3.8, 4) is 0 Å². The number of aliphatic carboxylic acids is 1. The zero-order valence-corrected chi connectivity index (χ0v) is 10.1. The Balaban J connectivity index is 1.92. The number of rotatable bonds is 5. The topological polar surface area (TPSA) is 37.3 Å². The summed E-state index contributed by atoms with van der Waals surface area (Å²) in [6, 6.07) is 10.2. The lowest BCUT2D eigenvalue weighted by Gasteiger charge is -2.18. The lowest BCUT2D eigenvalue weighted by Crippen LogP contribution is -2.22. The monoisotopic (exact) mass is 232 g/mol. The lowest BCUT2D eigenvalue weighted by atomic mass is 9.86. The minimum Gasteiger partial charge on any atom is -0.481 e. The molecule has 0 spiro atoms. The molecular formula is C15H20O2. The molecule has 0 radical (unpaired) electrons. The minimum absolute atomic E-state index is 0.141. The van der Waals surface area contributed by atoms with Crippen LogP contribution in [0.2, 0.25) is 0 Å². The molecule has 2 nitrogen and oxygen atoms in total. The summed E-state index contributed by atoms with van der Waals surface area (Å²) in [5.74, 6) is -0.332. The molecule has 0 amide bonds. The first-order chi connectivity index (χ1) is 8.27. The van der Waals surface area contributed by atoms with E-state index in [1.165, 1.54) is 18.4 Å². The van der Waals surface area contributed by atoms with Gasteiger partial charge in [-0.1, -0.05) is 43.2 Å². The second-order valence-corrected chi connectivity index (χ2v) is 5.01. The zero-order chi connectivity index (χ0) is 12.1. The molecular weight excluding hydrogens is 212 g/mol. The molecule has 0 heterocycles. The van der Waals surface area contributed by atoms with Crippen molar-refractivity contribution in [3.05, 3.63) is 35.9 Å². The molecule has 92 valence electrons. The van der Waals surface area contributed by atoms with Crippen LogP contribution in [0.4, 0.5) is 0 Å². The Hall–Kier alpha value is -1.31. The molecule has 1 aliphatic rings. The van der Waals surface area contributed by atoms with Gasteiger partial charge < -0.3 is 5.11 Å². The number of carboxylic acids is 1. The third-order valence-electron chi connectivity index (χ3n) is 3.87. The highest BCUT2D eigenvalue weighted by Crippen LogP contribution is 2.33. The van der Waals surface area contributed by atoms with Crippen LogP contribution in [0, 0.1) is 11.8 Å². The van der Waals surface area contributed by atoms with Crippen LogP contribution in [-0.2, 0) is 11.2 Å². The molecule has 0 bridgehead atoms. The molecule has 1 aromatic carbocycles. The third kappa shape index (κ3) is 3.32. The van der Waals surface area contributed by atoms with E-state index in [-0.39, 0.29) is 5.92 Å². The van der Waals surface area contributed by atoms with Gasteiger partial charge in [0.25, 0.3) is 0 Å². The van der Waals surface area contributed by atoms with E-state index in [0.717, 1.165) is 25.7 Å².